The molecular weight excluding hydrogens is 300 g/mol. The van der Waals surface area contributed by atoms with Gasteiger partial charge in [0.05, 0.1) is 7.11 Å². The van der Waals surface area contributed by atoms with Crippen LogP contribution < -0.4 is 4.74 Å². The second-order valence-corrected chi connectivity index (χ2v) is 6.76. The van der Waals surface area contributed by atoms with Gasteiger partial charge in [-0.05, 0) is 62.5 Å². The SMILES string of the molecule is COc1cccc(/C=C/C(=O)N2CCC(N3CCCCC3)CC2)c1. The lowest BCUT2D eigenvalue weighted by atomic mass is 10.00. The lowest BCUT2D eigenvalue weighted by Gasteiger charge is -2.40. The Morgan fingerprint density at radius 3 is 2.58 bits per heavy atom. The van der Waals surface area contributed by atoms with Crippen molar-refractivity contribution in [2.75, 3.05) is 33.3 Å². The number of hydrogen-bond donors (Lipinski definition) is 0. The Balaban J connectivity index is 1.50. The zero-order chi connectivity index (χ0) is 16.8. The van der Waals surface area contributed by atoms with Crippen LogP contribution in [0.4, 0.5) is 0 Å². The second kappa shape index (κ2) is 8.34. The number of methoxy groups -OCH3 is 1. The number of carbonyl (C=O) groups excluding carboxylic acids is 1. The van der Waals surface area contributed by atoms with E-state index >= 15 is 0 Å². The predicted molar refractivity (Wildman–Crippen MR) is 97.1 cm³/mol. The minimum Gasteiger partial charge on any atom is -0.497 e. The van der Waals surface area contributed by atoms with E-state index < -0.39 is 0 Å². The van der Waals surface area contributed by atoms with E-state index in [1.165, 1.54) is 32.4 Å². The van der Waals surface area contributed by atoms with E-state index in [2.05, 4.69) is 4.90 Å². The quantitative estimate of drug-likeness (QED) is 0.796. The van der Waals surface area contributed by atoms with Gasteiger partial charge in [0.1, 0.15) is 5.75 Å². The van der Waals surface area contributed by atoms with Crippen molar-refractivity contribution in [2.24, 2.45) is 0 Å². The van der Waals surface area contributed by atoms with Crippen molar-refractivity contribution < 1.29 is 9.53 Å². The predicted octanol–water partition coefficient (Wildman–Crippen LogP) is 3.19. The Morgan fingerprint density at radius 1 is 1.12 bits per heavy atom. The summed E-state index contributed by atoms with van der Waals surface area (Å²) in [7, 11) is 1.65. The lowest BCUT2D eigenvalue weighted by molar-refractivity contribution is -0.127. The molecule has 1 aromatic carbocycles. The van der Waals surface area contributed by atoms with Crippen LogP contribution in [0, 0.1) is 0 Å². The maximum Gasteiger partial charge on any atom is 0.246 e. The molecule has 0 unspecified atom stereocenters. The minimum atomic E-state index is 0.120. The topological polar surface area (TPSA) is 32.8 Å². The van der Waals surface area contributed by atoms with Gasteiger partial charge in [0.15, 0.2) is 0 Å². The zero-order valence-corrected chi connectivity index (χ0v) is 14.6. The Morgan fingerprint density at radius 2 is 1.88 bits per heavy atom. The van der Waals surface area contributed by atoms with Crippen LogP contribution in [0.3, 0.4) is 0 Å². The van der Waals surface area contributed by atoms with Gasteiger partial charge in [0.2, 0.25) is 5.91 Å². The molecule has 0 aromatic heterocycles. The Labute approximate surface area is 145 Å². The van der Waals surface area contributed by atoms with Gasteiger partial charge in [-0.15, -0.1) is 0 Å². The molecule has 2 aliphatic rings. The molecule has 0 aliphatic carbocycles. The van der Waals surface area contributed by atoms with E-state index in [0.717, 1.165) is 37.2 Å². The average Bonchev–Trinajstić information content (AvgIpc) is 2.67. The van der Waals surface area contributed by atoms with E-state index in [-0.39, 0.29) is 5.91 Å². The van der Waals surface area contributed by atoms with Crippen LogP contribution in [0.15, 0.2) is 30.3 Å². The number of piperidine rings is 2. The Bertz CT molecular complexity index is 571. The van der Waals surface area contributed by atoms with Crippen molar-refractivity contribution >= 4 is 12.0 Å². The van der Waals surface area contributed by atoms with Crippen LogP contribution in [0.25, 0.3) is 6.08 Å². The van der Waals surface area contributed by atoms with E-state index in [4.69, 9.17) is 4.74 Å². The maximum atomic E-state index is 12.4. The molecule has 2 fully saturated rings. The first-order valence-corrected chi connectivity index (χ1v) is 9.11. The van der Waals surface area contributed by atoms with E-state index in [1.807, 2.05) is 35.2 Å². The molecule has 0 radical (unpaired) electrons. The number of amides is 1. The van der Waals surface area contributed by atoms with Crippen LogP contribution in [0.5, 0.6) is 5.75 Å². The number of nitrogens with zero attached hydrogens (tertiary/aromatic N) is 2. The largest absolute Gasteiger partial charge is 0.497 e. The minimum absolute atomic E-state index is 0.120. The van der Waals surface area contributed by atoms with Gasteiger partial charge in [0.25, 0.3) is 0 Å². The molecule has 24 heavy (non-hydrogen) atoms. The lowest BCUT2D eigenvalue weighted by Crippen LogP contribution is -2.47. The van der Waals surface area contributed by atoms with Gasteiger partial charge in [0, 0.05) is 25.2 Å². The molecule has 2 aliphatic heterocycles. The fourth-order valence-electron chi connectivity index (χ4n) is 3.75. The summed E-state index contributed by atoms with van der Waals surface area (Å²) in [6.45, 7) is 4.24. The standard InChI is InChI=1S/C20H28N2O2/c1-24-19-7-5-6-17(16-19)8-9-20(23)22-14-10-18(11-15-22)21-12-3-2-4-13-21/h5-9,16,18H,2-4,10-15H2,1H3/b9-8+. The molecule has 130 valence electrons. The van der Waals surface area contributed by atoms with Gasteiger partial charge in [-0.3, -0.25) is 4.79 Å². The highest BCUT2D eigenvalue weighted by Crippen LogP contribution is 2.21. The molecule has 2 heterocycles. The summed E-state index contributed by atoms with van der Waals surface area (Å²) in [5.41, 5.74) is 0.992. The number of carbonyl (C=O) groups is 1. The summed E-state index contributed by atoms with van der Waals surface area (Å²) in [6, 6.07) is 8.44. The summed E-state index contributed by atoms with van der Waals surface area (Å²) >= 11 is 0. The fraction of sp³-hybridized carbons (Fsp3) is 0.550. The summed E-state index contributed by atoms with van der Waals surface area (Å²) in [5, 5.41) is 0. The van der Waals surface area contributed by atoms with Crippen molar-refractivity contribution in [1.82, 2.24) is 9.80 Å². The van der Waals surface area contributed by atoms with Crippen LogP contribution in [-0.2, 0) is 4.79 Å². The summed E-state index contributed by atoms with van der Waals surface area (Å²) in [5.74, 6) is 0.932. The second-order valence-electron chi connectivity index (χ2n) is 6.76. The molecule has 2 saturated heterocycles. The molecule has 0 saturated carbocycles. The van der Waals surface area contributed by atoms with Gasteiger partial charge in [-0.1, -0.05) is 18.6 Å². The van der Waals surface area contributed by atoms with Crippen molar-refractivity contribution in [3.63, 3.8) is 0 Å². The third kappa shape index (κ3) is 4.38. The smallest absolute Gasteiger partial charge is 0.246 e. The first-order valence-electron chi connectivity index (χ1n) is 9.11. The number of likely N-dealkylation sites (tertiary alicyclic amines) is 2. The number of rotatable bonds is 4. The van der Waals surface area contributed by atoms with Gasteiger partial charge in [-0.2, -0.15) is 0 Å². The van der Waals surface area contributed by atoms with Crippen LogP contribution in [0.1, 0.15) is 37.7 Å². The van der Waals surface area contributed by atoms with E-state index in [1.54, 1.807) is 13.2 Å². The molecule has 0 atom stereocenters. The van der Waals surface area contributed by atoms with Crippen LogP contribution >= 0.6 is 0 Å². The number of ether oxygens (including phenoxy) is 1. The van der Waals surface area contributed by atoms with Crippen molar-refractivity contribution in [2.45, 2.75) is 38.1 Å². The highest BCUT2D eigenvalue weighted by atomic mass is 16.5. The zero-order valence-electron chi connectivity index (χ0n) is 14.6. The molecule has 4 heteroatoms. The highest BCUT2D eigenvalue weighted by molar-refractivity contribution is 5.91. The molecule has 1 aromatic rings. The molecule has 1 amide bonds. The van der Waals surface area contributed by atoms with Gasteiger partial charge < -0.3 is 14.5 Å². The highest BCUT2D eigenvalue weighted by Gasteiger charge is 2.26. The normalized spacial score (nSPS) is 20.5. The fourth-order valence-corrected chi connectivity index (χ4v) is 3.75. The Hall–Kier alpha value is -1.81. The number of hydrogen-bond acceptors (Lipinski definition) is 3. The summed E-state index contributed by atoms with van der Waals surface area (Å²) in [6.07, 6.45) is 9.84. The maximum absolute atomic E-state index is 12.4. The van der Waals surface area contributed by atoms with Crippen LogP contribution in [0.2, 0.25) is 0 Å². The van der Waals surface area contributed by atoms with Crippen molar-refractivity contribution in [3.8, 4) is 5.75 Å². The van der Waals surface area contributed by atoms with Gasteiger partial charge >= 0.3 is 0 Å². The summed E-state index contributed by atoms with van der Waals surface area (Å²) in [4.78, 5) is 17.0. The third-order valence-corrected chi connectivity index (χ3v) is 5.20. The average molecular weight is 328 g/mol. The first kappa shape index (κ1) is 17.0. The molecule has 0 N–H and O–H groups in total. The van der Waals surface area contributed by atoms with E-state index in [0.29, 0.717) is 6.04 Å². The van der Waals surface area contributed by atoms with Crippen molar-refractivity contribution in [1.29, 1.82) is 0 Å². The summed E-state index contributed by atoms with van der Waals surface area (Å²) < 4.78 is 5.21. The molecule has 0 bridgehead atoms. The number of benzene rings is 1. The van der Waals surface area contributed by atoms with E-state index in [9.17, 15) is 4.79 Å². The molecule has 3 rings (SSSR count). The molecule has 0 spiro atoms. The third-order valence-electron chi connectivity index (χ3n) is 5.20. The van der Waals surface area contributed by atoms with Gasteiger partial charge in [-0.25, -0.2) is 0 Å². The molecular formula is C20H28N2O2. The first-order chi connectivity index (χ1) is 11.8. The van der Waals surface area contributed by atoms with Crippen LogP contribution in [-0.4, -0.2) is 55.0 Å². The molecule has 4 nitrogen and oxygen atoms in total. The monoisotopic (exact) mass is 328 g/mol. The van der Waals surface area contributed by atoms with Crippen molar-refractivity contribution in [3.05, 3.63) is 35.9 Å². The Kier molecular flexibility index (Phi) is 5.91.